The fourth-order valence-electron chi connectivity index (χ4n) is 4.79. The first-order valence-corrected chi connectivity index (χ1v) is 12.4. The number of benzene rings is 2. The normalized spacial score (nSPS) is 14.8. The highest BCUT2D eigenvalue weighted by Crippen LogP contribution is 2.27. The zero-order valence-electron chi connectivity index (χ0n) is 20.5. The van der Waals surface area contributed by atoms with E-state index in [1.54, 1.807) is 24.1 Å². The lowest BCUT2D eigenvalue weighted by Gasteiger charge is -2.33. The first-order valence-electron chi connectivity index (χ1n) is 12.4. The molecular formula is C29H34N2O4. The molecule has 1 saturated carbocycles. The molecule has 0 bridgehead atoms. The lowest BCUT2D eigenvalue weighted by molar-refractivity contribution is -0.126. The number of aryl methyl sites for hydroxylation is 1. The van der Waals surface area contributed by atoms with Crippen LogP contribution in [0.2, 0.25) is 0 Å². The van der Waals surface area contributed by atoms with Gasteiger partial charge >= 0.3 is 0 Å². The Kier molecular flexibility index (Phi) is 8.24. The van der Waals surface area contributed by atoms with Crippen molar-refractivity contribution in [3.63, 3.8) is 0 Å². The molecule has 184 valence electrons. The number of nitrogens with one attached hydrogen (secondary N) is 1. The number of amides is 2. The second-order valence-corrected chi connectivity index (χ2v) is 9.23. The van der Waals surface area contributed by atoms with Crippen LogP contribution in [-0.2, 0) is 11.2 Å². The van der Waals surface area contributed by atoms with Gasteiger partial charge in [0.2, 0.25) is 5.91 Å². The van der Waals surface area contributed by atoms with E-state index in [4.69, 9.17) is 9.15 Å². The van der Waals surface area contributed by atoms with Crippen molar-refractivity contribution in [1.82, 2.24) is 10.2 Å². The highest BCUT2D eigenvalue weighted by atomic mass is 16.5. The van der Waals surface area contributed by atoms with Crippen LogP contribution in [0, 0.1) is 6.92 Å². The average molecular weight is 475 g/mol. The summed E-state index contributed by atoms with van der Waals surface area (Å²) in [4.78, 5) is 29.1. The number of nitrogens with zero attached hydrogens (tertiary/aromatic N) is 1. The number of furan rings is 1. The topological polar surface area (TPSA) is 71.8 Å². The van der Waals surface area contributed by atoms with Gasteiger partial charge in [0.05, 0.1) is 13.4 Å². The Hall–Kier alpha value is -3.54. The van der Waals surface area contributed by atoms with Gasteiger partial charge in [0.25, 0.3) is 5.91 Å². The molecule has 0 radical (unpaired) electrons. The van der Waals surface area contributed by atoms with Crippen molar-refractivity contribution < 1.29 is 18.7 Å². The summed E-state index contributed by atoms with van der Waals surface area (Å²) in [6, 6.07) is 18.3. The van der Waals surface area contributed by atoms with Crippen LogP contribution < -0.4 is 10.1 Å². The second-order valence-electron chi connectivity index (χ2n) is 9.23. The monoisotopic (exact) mass is 474 g/mol. The van der Waals surface area contributed by atoms with E-state index in [-0.39, 0.29) is 23.6 Å². The van der Waals surface area contributed by atoms with E-state index < -0.39 is 6.04 Å². The number of ether oxygens (including phenoxy) is 1. The Labute approximate surface area is 207 Å². The molecule has 1 aliphatic carbocycles. The van der Waals surface area contributed by atoms with Crippen LogP contribution in [0.15, 0.2) is 71.3 Å². The molecule has 6 heteroatoms. The zero-order chi connectivity index (χ0) is 24.6. The number of carbonyl (C=O) groups excluding carboxylic acids is 2. The van der Waals surface area contributed by atoms with Gasteiger partial charge in [-0.15, -0.1) is 0 Å². The molecule has 1 fully saturated rings. The molecule has 0 saturated heterocycles. The van der Waals surface area contributed by atoms with E-state index in [9.17, 15) is 9.59 Å². The van der Waals surface area contributed by atoms with Crippen LogP contribution in [0.3, 0.4) is 0 Å². The molecule has 0 unspecified atom stereocenters. The van der Waals surface area contributed by atoms with Gasteiger partial charge in [0.15, 0.2) is 5.76 Å². The minimum atomic E-state index is -0.787. The van der Waals surface area contributed by atoms with Crippen molar-refractivity contribution in [1.29, 1.82) is 0 Å². The molecular weight excluding hydrogens is 440 g/mol. The minimum absolute atomic E-state index is 0.134. The third-order valence-electron chi connectivity index (χ3n) is 6.66. The molecule has 1 atom stereocenters. The highest BCUT2D eigenvalue weighted by Gasteiger charge is 2.34. The van der Waals surface area contributed by atoms with E-state index in [1.165, 1.54) is 12.7 Å². The standard InChI is InChI=1S/C29H34N2O4/c1-21-8-6-9-22(20-21)17-18-31(29(33)26-12-7-19-35-26)27(23-13-15-25(34-2)16-14-23)28(32)30-24-10-4-3-5-11-24/h6-9,12-16,19-20,24,27H,3-5,10-11,17-18H2,1-2H3,(H,30,32)/t27-/m0/s1. The van der Waals surface area contributed by atoms with Gasteiger partial charge in [-0.2, -0.15) is 0 Å². The SMILES string of the molecule is COc1ccc([C@@H](C(=O)NC2CCCCC2)N(CCc2cccc(C)c2)C(=O)c2ccco2)cc1. The van der Waals surface area contributed by atoms with E-state index in [2.05, 4.69) is 11.4 Å². The second kappa shape index (κ2) is 11.7. The molecule has 2 amide bonds. The van der Waals surface area contributed by atoms with Crippen molar-refractivity contribution in [2.24, 2.45) is 0 Å². The Balaban J connectivity index is 1.67. The van der Waals surface area contributed by atoms with Crippen molar-refractivity contribution in [3.05, 3.63) is 89.4 Å². The Bertz CT molecular complexity index is 1100. The highest BCUT2D eigenvalue weighted by molar-refractivity contribution is 5.96. The zero-order valence-corrected chi connectivity index (χ0v) is 20.5. The smallest absolute Gasteiger partial charge is 0.290 e. The predicted molar refractivity (Wildman–Crippen MR) is 135 cm³/mol. The molecule has 2 aromatic carbocycles. The Morgan fingerprint density at radius 2 is 1.83 bits per heavy atom. The molecule has 1 N–H and O–H groups in total. The lowest BCUT2D eigenvalue weighted by atomic mass is 9.94. The van der Waals surface area contributed by atoms with Gasteiger partial charge in [0.1, 0.15) is 11.8 Å². The first kappa shape index (κ1) is 24.6. The summed E-state index contributed by atoms with van der Waals surface area (Å²) in [5, 5.41) is 3.24. The van der Waals surface area contributed by atoms with Crippen LogP contribution in [0.1, 0.15) is 65.4 Å². The first-order chi connectivity index (χ1) is 17.0. The fraction of sp³-hybridized carbons (Fsp3) is 0.379. The number of hydrogen-bond acceptors (Lipinski definition) is 4. The number of rotatable bonds is 9. The third-order valence-corrected chi connectivity index (χ3v) is 6.66. The average Bonchev–Trinajstić information content (AvgIpc) is 3.42. The third kappa shape index (κ3) is 6.32. The molecule has 0 spiro atoms. The summed E-state index contributed by atoms with van der Waals surface area (Å²) in [7, 11) is 1.61. The van der Waals surface area contributed by atoms with Gasteiger partial charge in [-0.05, 0) is 61.6 Å². The van der Waals surface area contributed by atoms with Gasteiger partial charge in [-0.3, -0.25) is 9.59 Å². The fourth-order valence-corrected chi connectivity index (χ4v) is 4.79. The van der Waals surface area contributed by atoms with Gasteiger partial charge in [-0.25, -0.2) is 0 Å². The van der Waals surface area contributed by atoms with Gasteiger partial charge in [0, 0.05) is 12.6 Å². The maximum absolute atomic E-state index is 13.8. The predicted octanol–water partition coefficient (Wildman–Crippen LogP) is 5.47. The minimum Gasteiger partial charge on any atom is -0.497 e. The van der Waals surface area contributed by atoms with Gasteiger partial charge in [-0.1, -0.05) is 61.2 Å². The van der Waals surface area contributed by atoms with Crippen molar-refractivity contribution in [2.75, 3.05) is 13.7 Å². The Morgan fingerprint density at radius 3 is 2.49 bits per heavy atom. The summed E-state index contributed by atoms with van der Waals surface area (Å²) in [5.74, 6) is 0.454. The molecule has 1 aromatic heterocycles. The van der Waals surface area contributed by atoms with Crippen molar-refractivity contribution in [2.45, 2.75) is 57.5 Å². The van der Waals surface area contributed by atoms with Crippen molar-refractivity contribution in [3.8, 4) is 5.75 Å². The number of methoxy groups -OCH3 is 1. The van der Waals surface area contributed by atoms with E-state index in [1.807, 2.05) is 49.4 Å². The summed E-state index contributed by atoms with van der Waals surface area (Å²) in [5.41, 5.74) is 3.01. The molecule has 3 aromatic rings. The summed E-state index contributed by atoms with van der Waals surface area (Å²) < 4.78 is 10.8. The molecule has 1 aliphatic rings. The van der Waals surface area contributed by atoms with E-state index >= 15 is 0 Å². The maximum Gasteiger partial charge on any atom is 0.290 e. The number of hydrogen-bond donors (Lipinski definition) is 1. The summed E-state index contributed by atoms with van der Waals surface area (Å²) >= 11 is 0. The van der Waals surface area contributed by atoms with Crippen LogP contribution in [0.5, 0.6) is 5.75 Å². The molecule has 1 heterocycles. The summed E-state index contributed by atoms with van der Waals surface area (Å²) in [6.45, 7) is 2.42. The number of carbonyl (C=O) groups is 2. The Morgan fingerprint density at radius 1 is 1.06 bits per heavy atom. The molecule has 35 heavy (non-hydrogen) atoms. The molecule has 0 aliphatic heterocycles. The lowest BCUT2D eigenvalue weighted by Crippen LogP contribution is -2.47. The van der Waals surface area contributed by atoms with Crippen LogP contribution in [0.4, 0.5) is 0 Å². The van der Waals surface area contributed by atoms with E-state index in [0.717, 1.165) is 42.4 Å². The van der Waals surface area contributed by atoms with Crippen LogP contribution in [0.25, 0.3) is 0 Å². The largest absolute Gasteiger partial charge is 0.497 e. The van der Waals surface area contributed by atoms with Crippen LogP contribution >= 0.6 is 0 Å². The molecule has 4 rings (SSSR count). The van der Waals surface area contributed by atoms with E-state index in [0.29, 0.717) is 18.7 Å². The summed E-state index contributed by atoms with van der Waals surface area (Å²) in [6.07, 6.45) is 7.47. The van der Waals surface area contributed by atoms with Crippen molar-refractivity contribution >= 4 is 11.8 Å². The molecule has 6 nitrogen and oxygen atoms in total. The maximum atomic E-state index is 13.8. The quantitative estimate of drug-likeness (QED) is 0.446. The van der Waals surface area contributed by atoms with Gasteiger partial charge < -0.3 is 19.4 Å². The van der Waals surface area contributed by atoms with Crippen LogP contribution in [-0.4, -0.2) is 36.4 Å².